The summed E-state index contributed by atoms with van der Waals surface area (Å²) in [5.41, 5.74) is 4.54. The molecule has 2 aromatic rings. The summed E-state index contributed by atoms with van der Waals surface area (Å²) in [5, 5.41) is 13.7. The van der Waals surface area contributed by atoms with E-state index in [0.29, 0.717) is 12.5 Å². The van der Waals surface area contributed by atoms with Crippen LogP contribution in [0.3, 0.4) is 0 Å². The fraction of sp³-hybridized carbons (Fsp3) is 0.429. The van der Waals surface area contributed by atoms with Crippen molar-refractivity contribution < 1.29 is 13.9 Å². The number of nitriles is 1. The normalized spacial score (nSPS) is 14.9. The standard InChI is InChI=1S/C15H17N3.C6H9F.C5H10O2.C2H2/c1-17-11-4-6-15-13(8-11)12-7-10(9-16)3-5-14(12)18(15)2;1-3-5-6(7)4-2;1-5(2,3)7-4-6;1-2/h3,5,7,11,17H,4,6,8H2,1-2H3;3-5H,1-2H3;4H,1-3H3;1-2H/b;5-3-,6-4+;;. The highest BCUT2D eigenvalue weighted by molar-refractivity contribution is 5.87. The number of ether oxygens (including phenoxy) is 1. The zero-order chi connectivity index (χ0) is 26.3. The van der Waals surface area contributed by atoms with Gasteiger partial charge in [-0.25, -0.2) is 4.39 Å². The third kappa shape index (κ3) is 9.65. The molecule has 0 fully saturated rings. The van der Waals surface area contributed by atoms with Gasteiger partial charge < -0.3 is 14.6 Å². The van der Waals surface area contributed by atoms with Crippen LogP contribution in [-0.4, -0.2) is 29.7 Å². The maximum Gasteiger partial charge on any atom is 0.293 e. The van der Waals surface area contributed by atoms with Gasteiger partial charge >= 0.3 is 0 Å². The molecule has 1 aliphatic rings. The Kier molecular flexibility index (Phi) is 14.0. The molecule has 0 amide bonds. The van der Waals surface area contributed by atoms with E-state index in [1.54, 1.807) is 19.9 Å². The van der Waals surface area contributed by atoms with Crippen LogP contribution in [0.2, 0.25) is 0 Å². The molecule has 1 aromatic heterocycles. The van der Waals surface area contributed by atoms with Crippen LogP contribution in [0.25, 0.3) is 10.9 Å². The monoisotopic (exact) mass is 467 g/mol. The Morgan fingerprint density at radius 3 is 2.38 bits per heavy atom. The SMILES string of the molecule is C#C.C/C=C\C(F)=C/C.CC(C)(C)OC=O.CNC1CCc2c(c3cc(C#N)ccc3n2C)C1. The van der Waals surface area contributed by atoms with Crippen LogP contribution < -0.4 is 5.32 Å². The van der Waals surface area contributed by atoms with Crippen LogP contribution >= 0.6 is 0 Å². The number of likely N-dealkylation sites (N-methyl/N-ethyl adjacent to an activating group) is 1. The Morgan fingerprint density at radius 1 is 1.32 bits per heavy atom. The third-order valence-electron chi connectivity index (χ3n) is 5.16. The minimum atomic E-state index is -0.318. The molecular formula is C28H38FN3O2. The van der Waals surface area contributed by atoms with Crippen molar-refractivity contribution in [2.75, 3.05) is 7.05 Å². The first kappa shape index (κ1) is 30.6. The molecule has 34 heavy (non-hydrogen) atoms. The number of benzene rings is 1. The van der Waals surface area contributed by atoms with Crippen LogP contribution in [-0.2, 0) is 29.4 Å². The van der Waals surface area contributed by atoms with E-state index in [1.165, 1.54) is 40.7 Å². The molecule has 1 aliphatic carbocycles. The second-order valence-corrected chi connectivity index (χ2v) is 8.56. The Labute approximate surface area is 204 Å². The largest absolute Gasteiger partial charge is 0.462 e. The molecule has 0 radical (unpaired) electrons. The van der Waals surface area contributed by atoms with E-state index in [2.05, 4.69) is 46.7 Å². The van der Waals surface area contributed by atoms with E-state index in [9.17, 15) is 9.18 Å². The lowest BCUT2D eigenvalue weighted by molar-refractivity contribution is -0.138. The number of rotatable bonds is 3. The number of fused-ring (bicyclic) bond motifs is 3. The van der Waals surface area contributed by atoms with Gasteiger partial charge in [-0.05, 0) is 90.8 Å². The zero-order valence-electron chi connectivity index (χ0n) is 21.5. The number of aryl methyl sites for hydroxylation is 1. The van der Waals surface area contributed by atoms with Crippen molar-refractivity contribution in [3.05, 3.63) is 59.1 Å². The Balaban J connectivity index is 0.000000569. The molecular weight excluding hydrogens is 429 g/mol. The van der Waals surface area contributed by atoms with Crippen molar-refractivity contribution in [2.45, 2.75) is 65.5 Å². The van der Waals surface area contributed by atoms with Crippen molar-refractivity contribution in [1.29, 1.82) is 5.26 Å². The molecule has 0 spiro atoms. The zero-order valence-corrected chi connectivity index (χ0v) is 21.5. The molecule has 0 saturated heterocycles. The molecule has 1 heterocycles. The third-order valence-corrected chi connectivity index (χ3v) is 5.16. The first-order valence-corrected chi connectivity index (χ1v) is 11.2. The number of carbonyl (C=O) groups excluding carboxylic acids is 1. The van der Waals surface area contributed by atoms with E-state index in [1.807, 2.05) is 40.0 Å². The van der Waals surface area contributed by atoms with Crippen molar-refractivity contribution in [3.8, 4) is 18.9 Å². The summed E-state index contributed by atoms with van der Waals surface area (Å²) in [7, 11) is 4.16. The van der Waals surface area contributed by atoms with Gasteiger partial charge in [0.15, 0.2) is 0 Å². The van der Waals surface area contributed by atoms with E-state index in [-0.39, 0.29) is 11.4 Å². The Morgan fingerprint density at radius 2 is 1.97 bits per heavy atom. The molecule has 184 valence electrons. The lowest BCUT2D eigenvalue weighted by atomic mass is 9.91. The predicted molar refractivity (Wildman–Crippen MR) is 139 cm³/mol. The summed E-state index contributed by atoms with van der Waals surface area (Å²) < 4.78 is 18.7. The number of hydrogen-bond donors (Lipinski definition) is 1. The number of allylic oxidation sites excluding steroid dienone is 4. The predicted octanol–water partition coefficient (Wildman–Crippen LogP) is 5.77. The van der Waals surface area contributed by atoms with Gasteiger partial charge in [-0.3, -0.25) is 4.79 Å². The highest BCUT2D eigenvalue weighted by Crippen LogP contribution is 2.32. The summed E-state index contributed by atoms with van der Waals surface area (Å²) in [6, 6.07) is 8.81. The maximum absolute atomic E-state index is 11.9. The van der Waals surface area contributed by atoms with Gasteiger partial charge in [0.1, 0.15) is 11.4 Å². The van der Waals surface area contributed by atoms with Crippen LogP contribution in [0.4, 0.5) is 4.39 Å². The molecule has 3 rings (SSSR count). The van der Waals surface area contributed by atoms with Gasteiger partial charge in [-0.2, -0.15) is 5.26 Å². The van der Waals surface area contributed by atoms with E-state index in [0.717, 1.165) is 18.4 Å². The number of nitrogens with zero attached hydrogens (tertiary/aromatic N) is 2. The fourth-order valence-corrected chi connectivity index (χ4v) is 3.50. The summed E-state index contributed by atoms with van der Waals surface area (Å²) in [5.74, 6) is -0.178. The molecule has 1 aromatic carbocycles. The highest BCUT2D eigenvalue weighted by atomic mass is 19.1. The smallest absolute Gasteiger partial charge is 0.293 e. The maximum atomic E-state index is 11.9. The topological polar surface area (TPSA) is 67.0 Å². The average Bonchev–Trinajstić information content (AvgIpc) is 3.11. The Hall–Kier alpha value is -3.35. The molecule has 0 aliphatic heterocycles. The molecule has 0 bridgehead atoms. The van der Waals surface area contributed by atoms with Crippen molar-refractivity contribution >= 4 is 17.4 Å². The average molecular weight is 468 g/mol. The lowest BCUT2D eigenvalue weighted by Crippen LogP contribution is -2.31. The first-order chi connectivity index (χ1) is 16.1. The number of carbonyl (C=O) groups is 1. The van der Waals surface area contributed by atoms with E-state index in [4.69, 9.17) is 5.26 Å². The number of terminal acetylenes is 1. The van der Waals surface area contributed by atoms with Crippen molar-refractivity contribution in [1.82, 2.24) is 9.88 Å². The van der Waals surface area contributed by atoms with Crippen molar-refractivity contribution in [2.24, 2.45) is 7.05 Å². The fourth-order valence-electron chi connectivity index (χ4n) is 3.50. The van der Waals surface area contributed by atoms with E-state index < -0.39 is 0 Å². The van der Waals surface area contributed by atoms with Crippen LogP contribution in [0.1, 0.15) is 57.9 Å². The summed E-state index contributed by atoms with van der Waals surface area (Å²) in [4.78, 5) is 9.60. The quantitative estimate of drug-likeness (QED) is 0.354. The number of aromatic nitrogens is 1. The second kappa shape index (κ2) is 15.5. The summed E-state index contributed by atoms with van der Waals surface area (Å²) >= 11 is 0. The summed E-state index contributed by atoms with van der Waals surface area (Å²) in [6.45, 7) is 9.36. The van der Waals surface area contributed by atoms with Gasteiger partial charge in [0.2, 0.25) is 0 Å². The van der Waals surface area contributed by atoms with Gasteiger partial charge in [-0.1, -0.05) is 12.2 Å². The van der Waals surface area contributed by atoms with Crippen LogP contribution in [0.15, 0.2) is 42.3 Å². The van der Waals surface area contributed by atoms with Gasteiger partial charge in [-0.15, -0.1) is 12.8 Å². The molecule has 1 unspecified atom stereocenters. The molecule has 0 saturated carbocycles. The lowest BCUT2D eigenvalue weighted by Gasteiger charge is -2.22. The minimum Gasteiger partial charge on any atom is -0.462 e. The first-order valence-electron chi connectivity index (χ1n) is 11.2. The van der Waals surface area contributed by atoms with Crippen LogP contribution in [0.5, 0.6) is 0 Å². The minimum absolute atomic E-state index is 0.178. The molecule has 1 N–H and O–H groups in total. The number of hydrogen-bond acceptors (Lipinski definition) is 4. The molecule has 6 heteroatoms. The Bertz CT molecular complexity index is 1030. The van der Waals surface area contributed by atoms with E-state index >= 15 is 0 Å². The summed E-state index contributed by atoms with van der Waals surface area (Å²) in [6.07, 6.45) is 15.9. The second-order valence-electron chi connectivity index (χ2n) is 8.56. The van der Waals surface area contributed by atoms with Crippen molar-refractivity contribution in [3.63, 3.8) is 0 Å². The molecule has 1 atom stereocenters. The highest BCUT2D eigenvalue weighted by Gasteiger charge is 2.23. The van der Waals surface area contributed by atoms with Gasteiger partial charge in [0.05, 0.1) is 11.6 Å². The van der Waals surface area contributed by atoms with Crippen LogP contribution in [0, 0.1) is 24.2 Å². The number of nitrogens with one attached hydrogen (secondary N) is 1. The molecule has 5 nitrogen and oxygen atoms in total. The van der Waals surface area contributed by atoms with Gasteiger partial charge in [0.25, 0.3) is 6.47 Å². The number of halogens is 1. The van der Waals surface area contributed by atoms with Gasteiger partial charge in [0, 0.05) is 29.7 Å².